The number of nitrogens with zero attached hydrogens (tertiary/aromatic N) is 3. The molecule has 33 heavy (non-hydrogen) atoms. The first kappa shape index (κ1) is 21.8. The topological polar surface area (TPSA) is 103 Å². The molecular formula is C25H21N3O5. The lowest BCUT2D eigenvalue weighted by Gasteiger charge is -2.12. The molecule has 1 heterocycles. The van der Waals surface area contributed by atoms with E-state index in [1.165, 1.54) is 10.9 Å². The molecule has 166 valence electrons. The summed E-state index contributed by atoms with van der Waals surface area (Å²) >= 11 is 0. The zero-order valence-corrected chi connectivity index (χ0v) is 17.8. The summed E-state index contributed by atoms with van der Waals surface area (Å²) < 4.78 is 12.3. The molecule has 0 aliphatic carbocycles. The van der Waals surface area contributed by atoms with Gasteiger partial charge in [-0.3, -0.25) is 4.79 Å². The van der Waals surface area contributed by atoms with Crippen molar-refractivity contribution in [1.82, 2.24) is 9.66 Å². The molecule has 0 aliphatic heterocycles. The third-order valence-corrected chi connectivity index (χ3v) is 4.84. The number of fused-ring (bicyclic) bond motifs is 1. The fraction of sp³-hybridized carbons (Fsp3) is 0.120. The average Bonchev–Trinajstić information content (AvgIpc) is 2.82. The van der Waals surface area contributed by atoms with E-state index in [2.05, 4.69) is 10.1 Å². The van der Waals surface area contributed by atoms with E-state index < -0.39 is 12.6 Å². The molecule has 0 spiro atoms. The number of hydrogen-bond donors (Lipinski definition) is 1. The van der Waals surface area contributed by atoms with Gasteiger partial charge < -0.3 is 14.6 Å². The van der Waals surface area contributed by atoms with Crippen molar-refractivity contribution in [3.63, 3.8) is 0 Å². The smallest absolute Gasteiger partial charge is 0.341 e. The van der Waals surface area contributed by atoms with E-state index in [1.54, 1.807) is 42.5 Å². The van der Waals surface area contributed by atoms with Crippen molar-refractivity contribution in [3.05, 3.63) is 100 Å². The molecule has 0 saturated carbocycles. The van der Waals surface area contributed by atoms with Crippen LogP contribution in [0.4, 0.5) is 0 Å². The van der Waals surface area contributed by atoms with Gasteiger partial charge >= 0.3 is 5.97 Å². The molecule has 0 radical (unpaired) electrons. The number of carbonyl (C=O) groups is 1. The van der Waals surface area contributed by atoms with E-state index in [0.717, 1.165) is 5.56 Å². The fourth-order valence-corrected chi connectivity index (χ4v) is 3.16. The Bertz CT molecular complexity index is 1380. The third-order valence-electron chi connectivity index (χ3n) is 4.84. The molecule has 0 saturated heterocycles. The minimum Gasteiger partial charge on any atom is -0.485 e. The van der Waals surface area contributed by atoms with Gasteiger partial charge in [-0.05, 0) is 60.5 Å². The van der Waals surface area contributed by atoms with Crippen molar-refractivity contribution in [3.8, 4) is 11.5 Å². The molecule has 0 unspecified atom stereocenters. The van der Waals surface area contributed by atoms with Crippen molar-refractivity contribution in [2.75, 3.05) is 6.61 Å². The predicted molar refractivity (Wildman–Crippen MR) is 124 cm³/mol. The highest BCUT2D eigenvalue weighted by molar-refractivity contribution is 5.80. The molecule has 0 bridgehead atoms. The summed E-state index contributed by atoms with van der Waals surface area (Å²) in [6.07, 6.45) is 1.52. The molecule has 0 fully saturated rings. The lowest BCUT2D eigenvalue weighted by atomic mass is 10.2. The molecule has 8 heteroatoms. The second kappa shape index (κ2) is 9.78. The molecule has 1 N–H and O–H groups in total. The van der Waals surface area contributed by atoms with Crippen LogP contribution in [0.3, 0.4) is 0 Å². The fourth-order valence-electron chi connectivity index (χ4n) is 3.16. The zero-order valence-electron chi connectivity index (χ0n) is 17.8. The van der Waals surface area contributed by atoms with Crippen LogP contribution in [-0.2, 0) is 11.4 Å². The lowest BCUT2D eigenvalue weighted by Crippen LogP contribution is -2.23. The first-order valence-corrected chi connectivity index (χ1v) is 10.2. The first-order chi connectivity index (χ1) is 16.0. The van der Waals surface area contributed by atoms with Crippen molar-refractivity contribution < 1.29 is 19.4 Å². The number of benzene rings is 3. The third kappa shape index (κ3) is 5.24. The number of carboxylic acid groups (broad SMARTS) is 1. The van der Waals surface area contributed by atoms with Crippen LogP contribution < -0.4 is 15.0 Å². The van der Waals surface area contributed by atoms with Gasteiger partial charge in [-0.15, -0.1) is 0 Å². The minimum atomic E-state index is -1.05. The van der Waals surface area contributed by atoms with Crippen LogP contribution in [0.2, 0.25) is 0 Å². The second-order valence-electron chi connectivity index (χ2n) is 7.21. The monoisotopic (exact) mass is 443 g/mol. The zero-order chi connectivity index (χ0) is 23.2. The standard InChI is InChI=1S/C25H21N3O5/c1-17-6-2-5-9-22(17)33-15-23-27-21-8-4-3-7-20(21)25(31)28(23)26-14-18-10-12-19(13-11-18)32-16-24(29)30/h2-14H,15-16H2,1H3,(H,29,30). The van der Waals surface area contributed by atoms with Crippen LogP contribution in [0.15, 0.2) is 82.7 Å². The number of hydrogen-bond acceptors (Lipinski definition) is 6. The van der Waals surface area contributed by atoms with Crippen LogP contribution in [0.25, 0.3) is 10.9 Å². The maximum Gasteiger partial charge on any atom is 0.341 e. The Morgan fingerprint density at radius 2 is 1.76 bits per heavy atom. The maximum absolute atomic E-state index is 13.1. The Morgan fingerprint density at radius 1 is 1.03 bits per heavy atom. The SMILES string of the molecule is Cc1ccccc1OCc1nc2ccccc2c(=O)n1N=Cc1ccc(OCC(=O)O)cc1. The van der Waals surface area contributed by atoms with Crippen LogP contribution in [0.1, 0.15) is 17.0 Å². The van der Waals surface area contributed by atoms with Gasteiger partial charge in [0, 0.05) is 0 Å². The molecule has 0 atom stereocenters. The molecule has 4 rings (SSSR count). The van der Waals surface area contributed by atoms with E-state index in [1.807, 2.05) is 37.3 Å². The van der Waals surface area contributed by atoms with Gasteiger partial charge in [0.15, 0.2) is 12.4 Å². The number of aromatic nitrogens is 2. The molecular weight excluding hydrogens is 422 g/mol. The Labute approximate surface area is 189 Å². The summed E-state index contributed by atoms with van der Waals surface area (Å²) in [7, 11) is 0. The van der Waals surface area contributed by atoms with Crippen LogP contribution in [-0.4, -0.2) is 33.6 Å². The molecule has 0 amide bonds. The number of para-hydroxylation sites is 2. The van der Waals surface area contributed by atoms with Crippen LogP contribution in [0, 0.1) is 6.92 Å². The van der Waals surface area contributed by atoms with Gasteiger partial charge in [-0.1, -0.05) is 30.3 Å². The van der Waals surface area contributed by atoms with E-state index >= 15 is 0 Å². The summed E-state index contributed by atoms with van der Waals surface area (Å²) in [5.41, 5.74) is 1.93. The summed E-state index contributed by atoms with van der Waals surface area (Å²) in [5, 5.41) is 13.5. The number of ether oxygens (including phenoxy) is 2. The Kier molecular flexibility index (Phi) is 6.45. The number of rotatable bonds is 8. The van der Waals surface area contributed by atoms with Gasteiger partial charge in [0.05, 0.1) is 17.1 Å². The Hall–Kier alpha value is -4.46. The summed E-state index contributed by atoms with van der Waals surface area (Å²) in [5.74, 6) is 0.433. The van der Waals surface area contributed by atoms with Gasteiger partial charge in [-0.2, -0.15) is 9.78 Å². The second-order valence-corrected chi connectivity index (χ2v) is 7.21. The first-order valence-electron chi connectivity index (χ1n) is 10.2. The van der Waals surface area contributed by atoms with Gasteiger partial charge in [0.25, 0.3) is 5.56 Å². The van der Waals surface area contributed by atoms with E-state index in [0.29, 0.717) is 33.8 Å². The quantitative estimate of drug-likeness (QED) is 0.417. The molecule has 1 aromatic heterocycles. The highest BCUT2D eigenvalue weighted by Gasteiger charge is 2.11. The molecule has 8 nitrogen and oxygen atoms in total. The summed E-state index contributed by atoms with van der Waals surface area (Å²) in [6.45, 7) is 1.58. The molecule has 3 aromatic carbocycles. The normalized spacial score (nSPS) is 11.1. The van der Waals surface area contributed by atoms with Gasteiger partial charge in [0.1, 0.15) is 18.1 Å². The Balaban J connectivity index is 1.64. The highest BCUT2D eigenvalue weighted by atomic mass is 16.5. The van der Waals surface area contributed by atoms with E-state index in [4.69, 9.17) is 14.6 Å². The number of aliphatic carboxylic acids is 1. The van der Waals surface area contributed by atoms with Crippen molar-refractivity contribution in [1.29, 1.82) is 0 Å². The van der Waals surface area contributed by atoms with Crippen LogP contribution in [0.5, 0.6) is 11.5 Å². The summed E-state index contributed by atoms with van der Waals surface area (Å²) in [4.78, 5) is 28.4. The van der Waals surface area contributed by atoms with E-state index in [-0.39, 0.29) is 12.2 Å². The summed E-state index contributed by atoms with van der Waals surface area (Å²) in [6, 6.07) is 21.4. The lowest BCUT2D eigenvalue weighted by molar-refractivity contribution is -0.139. The minimum absolute atomic E-state index is 0.0598. The largest absolute Gasteiger partial charge is 0.485 e. The number of carboxylic acids is 1. The average molecular weight is 443 g/mol. The molecule has 0 aliphatic rings. The van der Waals surface area contributed by atoms with Crippen molar-refractivity contribution in [2.45, 2.75) is 13.5 Å². The predicted octanol–water partition coefficient (Wildman–Crippen LogP) is 3.63. The van der Waals surface area contributed by atoms with Crippen LogP contribution >= 0.6 is 0 Å². The van der Waals surface area contributed by atoms with Crippen molar-refractivity contribution >= 4 is 23.1 Å². The number of aryl methyl sites for hydroxylation is 1. The maximum atomic E-state index is 13.1. The van der Waals surface area contributed by atoms with Gasteiger partial charge in [-0.25, -0.2) is 9.78 Å². The highest BCUT2D eigenvalue weighted by Crippen LogP contribution is 2.18. The van der Waals surface area contributed by atoms with E-state index in [9.17, 15) is 9.59 Å². The molecule has 4 aromatic rings. The van der Waals surface area contributed by atoms with Crippen molar-refractivity contribution in [2.24, 2.45) is 5.10 Å². The van der Waals surface area contributed by atoms with Gasteiger partial charge in [0.2, 0.25) is 0 Å². The Morgan fingerprint density at radius 3 is 2.52 bits per heavy atom.